The molecule has 0 fully saturated rings. The molecule has 5 nitrogen and oxygen atoms in total. The second kappa shape index (κ2) is 6.09. The highest BCUT2D eigenvalue weighted by Crippen LogP contribution is 2.30. The van der Waals surface area contributed by atoms with Gasteiger partial charge >= 0.3 is 0 Å². The summed E-state index contributed by atoms with van der Waals surface area (Å²) in [7, 11) is 0. The highest BCUT2D eigenvalue weighted by atomic mass is 35.5. The van der Waals surface area contributed by atoms with Gasteiger partial charge in [0.25, 0.3) is 0 Å². The number of halogens is 1. The van der Waals surface area contributed by atoms with Gasteiger partial charge in [-0.15, -0.1) is 0 Å². The number of benzene rings is 1. The average Bonchev–Trinajstić information content (AvgIpc) is 3.03. The topological polar surface area (TPSA) is 53.4 Å². The van der Waals surface area contributed by atoms with Gasteiger partial charge in [0.2, 0.25) is 5.95 Å². The van der Waals surface area contributed by atoms with Gasteiger partial charge in [-0.1, -0.05) is 29.8 Å². The van der Waals surface area contributed by atoms with Crippen molar-refractivity contribution < 1.29 is 0 Å². The van der Waals surface area contributed by atoms with E-state index in [2.05, 4.69) is 26.5 Å². The first kappa shape index (κ1) is 14.9. The minimum atomic E-state index is 0.107. The molecule has 0 radical (unpaired) electrons. The highest BCUT2D eigenvalue weighted by molar-refractivity contribution is 6.30. The van der Waals surface area contributed by atoms with Crippen LogP contribution >= 0.6 is 11.6 Å². The molecule has 3 heterocycles. The highest BCUT2D eigenvalue weighted by Gasteiger charge is 2.31. The smallest absolute Gasteiger partial charge is 0.227 e. The quantitative estimate of drug-likeness (QED) is 0.919. The molecule has 2 aliphatic rings. The Kier molecular flexibility index (Phi) is 3.78. The van der Waals surface area contributed by atoms with Crippen LogP contribution in [0.1, 0.15) is 17.2 Å². The van der Waals surface area contributed by atoms with E-state index in [1.54, 1.807) is 6.20 Å². The number of aromatic nitrogens is 2. The predicted octanol–water partition coefficient (Wildman–Crippen LogP) is 4.02. The summed E-state index contributed by atoms with van der Waals surface area (Å²) in [6.07, 6.45) is 11.8. The van der Waals surface area contributed by atoms with Gasteiger partial charge in [-0.25, -0.2) is 9.97 Å². The molecular weight excluding hydrogens is 322 g/mol. The minimum absolute atomic E-state index is 0.107. The molecule has 120 valence electrons. The summed E-state index contributed by atoms with van der Waals surface area (Å²) in [5.41, 5.74) is 2.92. The molecule has 6 heteroatoms. The molecular formula is C18H16ClN5. The molecule has 0 bridgehead atoms. The first-order valence-corrected chi connectivity index (χ1v) is 8.12. The predicted molar refractivity (Wildman–Crippen MR) is 96.6 cm³/mol. The number of aryl methyl sites for hydroxylation is 1. The van der Waals surface area contributed by atoms with Crippen molar-refractivity contribution in [3.05, 3.63) is 71.2 Å². The molecule has 0 spiro atoms. The van der Waals surface area contributed by atoms with E-state index in [0.717, 1.165) is 16.9 Å². The molecule has 0 saturated carbocycles. The van der Waals surface area contributed by atoms with Gasteiger partial charge in [0.15, 0.2) is 0 Å². The molecule has 2 unspecified atom stereocenters. The van der Waals surface area contributed by atoms with Crippen LogP contribution in [0.25, 0.3) is 0 Å². The van der Waals surface area contributed by atoms with Gasteiger partial charge in [-0.2, -0.15) is 5.10 Å². The Balaban J connectivity index is 1.60. The summed E-state index contributed by atoms with van der Waals surface area (Å²) in [4.78, 5) is 9.00. The summed E-state index contributed by atoms with van der Waals surface area (Å²) in [5, 5.41) is 10.3. The summed E-state index contributed by atoms with van der Waals surface area (Å²) < 4.78 is 0. The van der Waals surface area contributed by atoms with E-state index in [1.807, 2.05) is 60.8 Å². The molecule has 2 aromatic rings. The van der Waals surface area contributed by atoms with Gasteiger partial charge < -0.3 is 5.32 Å². The van der Waals surface area contributed by atoms with Gasteiger partial charge in [0, 0.05) is 29.3 Å². The summed E-state index contributed by atoms with van der Waals surface area (Å²) in [6.45, 7) is 2.02. The molecule has 1 aromatic carbocycles. The van der Waals surface area contributed by atoms with Crippen LogP contribution < -0.4 is 5.32 Å². The molecule has 2 aliphatic heterocycles. The van der Waals surface area contributed by atoms with E-state index in [1.165, 1.54) is 0 Å². The van der Waals surface area contributed by atoms with Gasteiger partial charge in [0.05, 0.1) is 17.7 Å². The van der Waals surface area contributed by atoms with Crippen molar-refractivity contribution in [3.8, 4) is 0 Å². The van der Waals surface area contributed by atoms with Crippen molar-refractivity contribution in [1.82, 2.24) is 15.0 Å². The second-order valence-corrected chi connectivity index (χ2v) is 6.21. The maximum Gasteiger partial charge on any atom is 0.227 e. The number of hydrogen-bond donors (Lipinski definition) is 1. The molecule has 0 amide bonds. The van der Waals surface area contributed by atoms with Crippen LogP contribution in [0.2, 0.25) is 5.02 Å². The molecule has 1 N–H and O–H groups in total. The van der Waals surface area contributed by atoms with E-state index in [9.17, 15) is 0 Å². The maximum absolute atomic E-state index is 6.08. The van der Waals surface area contributed by atoms with Gasteiger partial charge in [-0.05, 0) is 36.8 Å². The molecule has 0 aliphatic carbocycles. The van der Waals surface area contributed by atoms with Crippen molar-refractivity contribution in [1.29, 1.82) is 0 Å². The Morgan fingerprint density at radius 1 is 1.21 bits per heavy atom. The van der Waals surface area contributed by atoms with Crippen molar-refractivity contribution >= 4 is 29.5 Å². The molecule has 2 atom stereocenters. The zero-order valence-corrected chi connectivity index (χ0v) is 13.9. The molecule has 24 heavy (non-hydrogen) atoms. The third-order valence-corrected chi connectivity index (χ3v) is 4.39. The summed E-state index contributed by atoms with van der Waals surface area (Å²) in [6, 6.07) is 7.81. The van der Waals surface area contributed by atoms with Crippen LogP contribution in [-0.4, -0.2) is 27.2 Å². The fourth-order valence-electron chi connectivity index (χ4n) is 2.86. The Labute approximate surface area is 145 Å². The standard InChI is InChI=1S/C18H16ClN5/c1-12-5-6-13(19)10-16(12)23-18-20-8-7-15(22-18)14-11-21-24-9-3-2-4-17(14)24/h2-11,14,17H,1H3,(H,20,22,23). The van der Waals surface area contributed by atoms with E-state index < -0.39 is 0 Å². The SMILES string of the molecule is Cc1ccc(Cl)cc1Nc1nccc(C2C=NN3C=CC=CC23)n1. The van der Waals surface area contributed by atoms with Crippen LogP contribution in [0.15, 0.2) is 60.0 Å². The van der Waals surface area contributed by atoms with Crippen molar-refractivity contribution in [2.24, 2.45) is 5.10 Å². The van der Waals surface area contributed by atoms with Crippen molar-refractivity contribution in [3.63, 3.8) is 0 Å². The van der Waals surface area contributed by atoms with Gasteiger partial charge in [0.1, 0.15) is 0 Å². The van der Waals surface area contributed by atoms with Crippen molar-refractivity contribution in [2.45, 2.75) is 18.9 Å². The summed E-state index contributed by atoms with van der Waals surface area (Å²) >= 11 is 6.08. The first-order chi connectivity index (χ1) is 11.7. The Morgan fingerprint density at radius 3 is 3.04 bits per heavy atom. The Bertz CT molecular complexity index is 858. The molecule has 4 rings (SSSR count). The minimum Gasteiger partial charge on any atom is -0.324 e. The van der Waals surface area contributed by atoms with Crippen molar-refractivity contribution in [2.75, 3.05) is 5.32 Å². The maximum atomic E-state index is 6.08. The van der Waals surface area contributed by atoms with E-state index >= 15 is 0 Å². The lowest BCUT2D eigenvalue weighted by atomic mass is 9.96. The number of hydrazone groups is 1. The summed E-state index contributed by atoms with van der Waals surface area (Å²) in [5.74, 6) is 0.662. The fourth-order valence-corrected chi connectivity index (χ4v) is 3.03. The van der Waals surface area contributed by atoms with Gasteiger partial charge in [-0.3, -0.25) is 5.01 Å². The van der Waals surface area contributed by atoms with Crippen LogP contribution in [0.3, 0.4) is 0 Å². The number of nitrogens with one attached hydrogen (secondary N) is 1. The number of hydrogen-bond acceptors (Lipinski definition) is 5. The number of anilines is 2. The van der Waals surface area contributed by atoms with Crippen LogP contribution in [0, 0.1) is 6.92 Å². The van der Waals surface area contributed by atoms with E-state index in [4.69, 9.17) is 11.6 Å². The zero-order valence-electron chi connectivity index (χ0n) is 13.1. The first-order valence-electron chi connectivity index (χ1n) is 7.74. The van der Waals surface area contributed by atoms with E-state index in [0.29, 0.717) is 11.0 Å². The Hall–Kier alpha value is -2.66. The molecule has 0 saturated heterocycles. The lowest BCUT2D eigenvalue weighted by Crippen LogP contribution is -2.27. The second-order valence-electron chi connectivity index (χ2n) is 5.78. The lowest BCUT2D eigenvalue weighted by Gasteiger charge is -2.23. The largest absolute Gasteiger partial charge is 0.324 e. The normalized spacial score (nSPS) is 21.2. The zero-order chi connectivity index (χ0) is 16.5. The third-order valence-electron chi connectivity index (χ3n) is 4.16. The van der Waals surface area contributed by atoms with Crippen LogP contribution in [-0.2, 0) is 0 Å². The lowest BCUT2D eigenvalue weighted by molar-refractivity contribution is 0.350. The number of allylic oxidation sites excluding steroid dienone is 2. The number of rotatable bonds is 3. The average molecular weight is 338 g/mol. The number of fused-ring (bicyclic) bond motifs is 1. The molecule has 1 aromatic heterocycles. The van der Waals surface area contributed by atoms with Crippen LogP contribution in [0.5, 0.6) is 0 Å². The van der Waals surface area contributed by atoms with E-state index in [-0.39, 0.29) is 12.0 Å². The number of nitrogens with zero attached hydrogens (tertiary/aromatic N) is 4. The third kappa shape index (κ3) is 2.78. The monoisotopic (exact) mass is 337 g/mol. The fraction of sp³-hybridized carbons (Fsp3) is 0.167. The Morgan fingerprint density at radius 2 is 2.12 bits per heavy atom. The van der Waals surface area contributed by atoms with Crippen LogP contribution in [0.4, 0.5) is 11.6 Å².